The smallest absolute Gasteiger partial charge is 0.254 e. The van der Waals surface area contributed by atoms with Crippen LogP contribution in [0.5, 0.6) is 5.75 Å². The van der Waals surface area contributed by atoms with Gasteiger partial charge in [-0.05, 0) is 23.8 Å². The van der Waals surface area contributed by atoms with E-state index in [1.807, 2.05) is 0 Å². The van der Waals surface area contributed by atoms with Crippen molar-refractivity contribution in [3.05, 3.63) is 53.5 Å². The highest BCUT2D eigenvalue weighted by Crippen LogP contribution is 2.18. The van der Waals surface area contributed by atoms with E-state index in [9.17, 15) is 9.90 Å². The highest BCUT2D eigenvalue weighted by Gasteiger charge is 2.13. The van der Waals surface area contributed by atoms with Crippen LogP contribution in [0.3, 0.4) is 0 Å². The lowest BCUT2D eigenvalue weighted by atomic mass is 10.1. The summed E-state index contributed by atoms with van der Waals surface area (Å²) in [4.78, 5) is 11.9. The largest absolute Gasteiger partial charge is 0.497 e. The van der Waals surface area contributed by atoms with Crippen molar-refractivity contribution in [1.82, 2.24) is 5.32 Å². The molecule has 0 saturated heterocycles. The lowest BCUT2D eigenvalue weighted by Gasteiger charge is -2.12. The molecule has 0 aliphatic carbocycles. The van der Waals surface area contributed by atoms with Crippen molar-refractivity contribution in [2.24, 2.45) is 5.73 Å². The number of amides is 1. The van der Waals surface area contributed by atoms with Gasteiger partial charge in [0.1, 0.15) is 17.8 Å². The maximum Gasteiger partial charge on any atom is 0.254 e. The van der Waals surface area contributed by atoms with Crippen LogP contribution in [-0.2, 0) is 6.54 Å². The lowest BCUT2D eigenvalue weighted by molar-refractivity contribution is 0.0915. The number of halogens is 1. The van der Waals surface area contributed by atoms with Gasteiger partial charge in [-0.1, -0.05) is 12.1 Å². The van der Waals surface area contributed by atoms with Crippen LogP contribution in [0.15, 0.2) is 41.0 Å². The number of rotatable bonds is 6. The zero-order chi connectivity index (χ0) is 15.2. The molecule has 1 atom stereocenters. The Morgan fingerprint density at radius 2 is 2.23 bits per heavy atom. The van der Waals surface area contributed by atoms with Gasteiger partial charge in [-0.2, -0.15) is 0 Å². The van der Waals surface area contributed by atoms with Crippen molar-refractivity contribution in [3.8, 4) is 5.75 Å². The Morgan fingerprint density at radius 1 is 1.45 bits per heavy atom. The number of carbonyl (C=O) groups is 1. The Balaban J connectivity index is 0.00000242. The third kappa shape index (κ3) is 4.49. The van der Waals surface area contributed by atoms with Gasteiger partial charge in [-0.3, -0.25) is 4.79 Å². The summed E-state index contributed by atoms with van der Waals surface area (Å²) in [5.74, 6) is 0.870. The number of nitrogens with two attached hydrogens (primary N) is 1. The van der Waals surface area contributed by atoms with Crippen LogP contribution >= 0.6 is 12.4 Å². The highest BCUT2D eigenvalue weighted by molar-refractivity contribution is 5.93. The molecular weight excluding hydrogens is 308 g/mol. The van der Waals surface area contributed by atoms with E-state index >= 15 is 0 Å². The number of hydrogen-bond donors (Lipinski definition) is 3. The summed E-state index contributed by atoms with van der Waals surface area (Å²) in [7, 11) is 1.56. The first kappa shape index (κ1) is 18.0. The number of aliphatic hydroxyl groups excluding tert-OH is 1. The van der Waals surface area contributed by atoms with Crippen molar-refractivity contribution < 1.29 is 19.1 Å². The van der Waals surface area contributed by atoms with E-state index in [-0.39, 0.29) is 31.4 Å². The van der Waals surface area contributed by atoms with Gasteiger partial charge in [0.2, 0.25) is 0 Å². The SMILES string of the molecule is COc1cccc(C(O)CNC(=O)c2coc(CN)c2)c1.Cl. The van der Waals surface area contributed by atoms with Gasteiger partial charge in [0, 0.05) is 6.54 Å². The molecule has 0 bridgehead atoms. The Hall–Kier alpha value is -2.02. The van der Waals surface area contributed by atoms with Crippen LogP contribution in [0.2, 0.25) is 0 Å². The molecule has 120 valence electrons. The lowest BCUT2D eigenvalue weighted by Crippen LogP contribution is -2.28. The van der Waals surface area contributed by atoms with E-state index in [0.717, 1.165) is 0 Å². The second-order valence-electron chi connectivity index (χ2n) is 4.51. The predicted octanol–water partition coefficient (Wildman–Crippen LogP) is 1.63. The second-order valence-corrected chi connectivity index (χ2v) is 4.51. The molecule has 1 heterocycles. The van der Waals surface area contributed by atoms with Gasteiger partial charge < -0.3 is 25.3 Å². The molecule has 4 N–H and O–H groups in total. The minimum Gasteiger partial charge on any atom is -0.497 e. The zero-order valence-corrected chi connectivity index (χ0v) is 12.9. The molecule has 0 fully saturated rings. The molecule has 1 amide bonds. The van der Waals surface area contributed by atoms with Crippen LogP contribution in [0.4, 0.5) is 0 Å². The molecule has 7 heteroatoms. The van der Waals surface area contributed by atoms with Crippen molar-refractivity contribution in [3.63, 3.8) is 0 Å². The molecule has 6 nitrogen and oxygen atoms in total. The summed E-state index contributed by atoms with van der Waals surface area (Å²) in [6.45, 7) is 0.328. The molecule has 1 aromatic heterocycles. The van der Waals surface area contributed by atoms with Gasteiger partial charge in [0.15, 0.2) is 0 Å². The molecule has 2 aromatic rings. The van der Waals surface area contributed by atoms with E-state index in [2.05, 4.69) is 5.32 Å². The number of furan rings is 1. The Bertz CT molecular complexity index is 615. The first-order chi connectivity index (χ1) is 10.1. The topological polar surface area (TPSA) is 97.7 Å². The van der Waals surface area contributed by atoms with E-state index in [1.165, 1.54) is 6.26 Å². The van der Waals surface area contributed by atoms with Crippen LogP contribution in [0, 0.1) is 0 Å². The molecular formula is C15H19ClN2O4. The molecule has 22 heavy (non-hydrogen) atoms. The summed E-state index contributed by atoms with van der Waals surface area (Å²) in [6.07, 6.45) is 0.528. The van der Waals surface area contributed by atoms with E-state index in [0.29, 0.717) is 22.6 Å². The van der Waals surface area contributed by atoms with Crippen LogP contribution in [-0.4, -0.2) is 24.7 Å². The minimum absolute atomic E-state index is 0. The fourth-order valence-corrected chi connectivity index (χ4v) is 1.86. The van der Waals surface area contributed by atoms with Gasteiger partial charge >= 0.3 is 0 Å². The number of hydrogen-bond acceptors (Lipinski definition) is 5. The van der Waals surface area contributed by atoms with Crippen LogP contribution in [0.25, 0.3) is 0 Å². The van der Waals surface area contributed by atoms with E-state index in [4.69, 9.17) is 14.9 Å². The summed E-state index contributed by atoms with van der Waals surface area (Å²) in [6, 6.07) is 8.63. The summed E-state index contributed by atoms with van der Waals surface area (Å²) < 4.78 is 10.2. The number of benzene rings is 1. The number of nitrogens with one attached hydrogen (secondary N) is 1. The first-order valence-corrected chi connectivity index (χ1v) is 6.51. The summed E-state index contributed by atoms with van der Waals surface area (Å²) in [5, 5.41) is 12.7. The third-order valence-electron chi connectivity index (χ3n) is 3.05. The van der Waals surface area contributed by atoms with Gasteiger partial charge in [0.25, 0.3) is 5.91 Å². The highest BCUT2D eigenvalue weighted by atomic mass is 35.5. The van der Waals surface area contributed by atoms with E-state index in [1.54, 1.807) is 37.4 Å². The normalized spacial score (nSPS) is 11.4. The molecule has 0 aliphatic heterocycles. The minimum atomic E-state index is -0.815. The van der Waals surface area contributed by atoms with Gasteiger partial charge in [-0.25, -0.2) is 0 Å². The van der Waals surface area contributed by atoms with Crippen molar-refractivity contribution in [2.45, 2.75) is 12.6 Å². The predicted molar refractivity (Wildman–Crippen MR) is 84.1 cm³/mol. The average Bonchev–Trinajstić information content (AvgIpc) is 3.01. The molecule has 0 radical (unpaired) electrons. The number of methoxy groups -OCH3 is 1. The van der Waals surface area contributed by atoms with Crippen LogP contribution in [0.1, 0.15) is 27.8 Å². The number of carbonyl (C=O) groups excluding carboxylic acids is 1. The average molecular weight is 327 g/mol. The molecule has 0 spiro atoms. The first-order valence-electron chi connectivity index (χ1n) is 6.51. The number of aliphatic hydroxyl groups is 1. The third-order valence-corrected chi connectivity index (χ3v) is 3.05. The van der Waals surface area contributed by atoms with Crippen molar-refractivity contribution in [1.29, 1.82) is 0 Å². The maximum atomic E-state index is 11.9. The van der Waals surface area contributed by atoms with Crippen LogP contribution < -0.4 is 15.8 Å². The molecule has 1 unspecified atom stereocenters. The molecule has 0 aliphatic rings. The number of ether oxygens (including phenoxy) is 1. The van der Waals surface area contributed by atoms with Crippen molar-refractivity contribution in [2.75, 3.05) is 13.7 Å². The van der Waals surface area contributed by atoms with Gasteiger partial charge in [-0.15, -0.1) is 12.4 Å². The summed E-state index contributed by atoms with van der Waals surface area (Å²) >= 11 is 0. The van der Waals surface area contributed by atoms with E-state index < -0.39 is 6.10 Å². The van der Waals surface area contributed by atoms with Crippen molar-refractivity contribution >= 4 is 18.3 Å². The second kappa shape index (κ2) is 8.43. The molecule has 0 saturated carbocycles. The maximum absolute atomic E-state index is 11.9. The fourth-order valence-electron chi connectivity index (χ4n) is 1.86. The zero-order valence-electron chi connectivity index (χ0n) is 12.1. The fraction of sp³-hybridized carbons (Fsp3) is 0.267. The monoisotopic (exact) mass is 326 g/mol. The van der Waals surface area contributed by atoms with Gasteiger partial charge in [0.05, 0.1) is 25.3 Å². The standard InChI is InChI=1S/C15H18N2O4.ClH/c1-20-12-4-2-3-10(5-12)14(18)8-17-15(19)11-6-13(7-16)21-9-11;/h2-6,9,14,18H,7-8,16H2,1H3,(H,17,19);1H. The Morgan fingerprint density at radius 3 is 2.86 bits per heavy atom. The molecule has 1 aromatic carbocycles. The quantitative estimate of drug-likeness (QED) is 0.749. The Kier molecular flexibility index (Phi) is 6.91. The summed E-state index contributed by atoms with van der Waals surface area (Å²) in [5.41, 5.74) is 6.47. The molecule has 2 rings (SSSR count). The Labute approximate surface area is 134 Å².